The molecule has 3 nitrogen and oxygen atoms in total. The van der Waals surface area contributed by atoms with Crippen molar-refractivity contribution in [2.24, 2.45) is 34.5 Å². The molecule has 7 atom stereocenters. The number of carbonyl (C=O) groups is 2. The van der Waals surface area contributed by atoms with Crippen LogP contribution in [0.25, 0.3) is 0 Å². The molecular formula is C21H33NO2. The van der Waals surface area contributed by atoms with Crippen LogP contribution >= 0.6 is 0 Å². The minimum Gasteiger partial charge on any atom is -0.342 e. The van der Waals surface area contributed by atoms with Crippen LogP contribution in [0.2, 0.25) is 0 Å². The quantitative estimate of drug-likeness (QED) is 0.727. The number of hydrogen-bond acceptors (Lipinski definition) is 2. The van der Waals surface area contributed by atoms with Gasteiger partial charge in [0.2, 0.25) is 5.91 Å². The van der Waals surface area contributed by atoms with E-state index < -0.39 is 0 Å². The van der Waals surface area contributed by atoms with Crippen LogP contribution in [-0.2, 0) is 9.59 Å². The third-order valence-corrected chi connectivity index (χ3v) is 9.05. The molecule has 1 aliphatic heterocycles. The molecule has 1 heterocycles. The summed E-state index contributed by atoms with van der Waals surface area (Å²) in [4.78, 5) is 26.5. The van der Waals surface area contributed by atoms with Gasteiger partial charge in [-0.05, 0) is 80.5 Å². The molecule has 4 rings (SSSR count). The first-order valence-electron chi connectivity index (χ1n) is 10.0. The molecule has 0 aromatic carbocycles. The van der Waals surface area contributed by atoms with Crippen molar-refractivity contribution in [1.29, 1.82) is 0 Å². The highest BCUT2D eigenvalue weighted by molar-refractivity contribution is 5.79. The number of ketones is 1. The van der Waals surface area contributed by atoms with Crippen LogP contribution in [0.4, 0.5) is 0 Å². The molecule has 0 aromatic rings. The second-order valence-electron chi connectivity index (χ2n) is 9.77. The summed E-state index contributed by atoms with van der Waals surface area (Å²) >= 11 is 0. The van der Waals surface area contributed by atoms with Crippen molar-refractivity contribution in [1.82, 2.24) is 4.90 Å². The SMILES string of the molecule is CC(=O)[C@H]1CCC2C3CCC4N(C)C(=O)CC[C@]4(C)C3CC[C@@]21C. The fourth-order valence-corrected chi connectivity index (χ4v) is 7.82. The minimum absolute atomic E-state index is 0.243. The van der Waals surface area contributed by atoms with E-state index >= 15 is 0 Å². The monoisotopic (exact) mass is 331 g/mol. The highest BCUT2D eigenvalue weighted by atomic mass is 16.2. The number of hydrogen-bond donors (Lipinski definition) is 0. The average Bonchev–Trinajstić information content (AvgIpc) is 2.89. The first kappa shape index (κ1) is 16.6. The van der Waals surface area contributed by atoms with E-state index in [1.165, 1.54) is 25.7 Å². The topological polar surface area (TPSA) is 37.4 Å². The molecule has 0 radical (unpaired) electrons. The molecule has 0 bridgehead atoms. The zero-order valence-corrected chi connectivity index (χ0v) is 15.8. The van der Waals surface area contributed by atoms with Crippen molar-refractivity contribution in [3.8, 4) is 0 Å². The van der Waals surface area contributed by atoms with Crippen molar-refractivity contribution in [2.75, 3.05) is 7.05 Å². The van der Waals surface area contributed by atoms with Gasteiger partial charge in [-0.3, -0.25) is 9.59 Å². The lowest BCUT2D eigenvalue weighted by Crippen LogP contribution is -2.61. The van der Waals surface area contributed by atoms with Crippen LogP contribution in [-0.4, -0.2) is 29.7 Å². The molecule has 0 N–H and O–H groups in total. The number of fused-ring (bicyclic) bond motifs is 5. The van der Waals surface area contributed by atoms with Gasteiger partial charge in [0.1, 0.15) is 5.78 Å². The third-order valence-electron chi connectivity index (χ3n) is 9.05. The number of likely N-dealkylation sites (tertiary alicyclic amines) is 1. The van der Waals surface area contributed by atoms with E-state index in [1.807, 2.05) is 14.0 Å². The fourth-order valence-electron chi connectivity index (χ4n) is 7.82. The second kappa shape index (κ2) is 5.32. The Morgan fingerprint density at radius 1 is 1.00 bits per heavy atom. The van der Waals surface area contributed by atoms with Crippen LogP contribution in [0.1, 0.15) is 72.1 Å². The summed E-state index contributed by atoms with van der Waals surface area (Å²) in [6.45, 7) is 6.69. The predicted octanol–water partition coefficient (Wildman–Crippen LogP) is 4.06. The van der Waals surface area contributed by atoms with Gasteiger partial charge in [-0.15, -0.1) is 0 Å². The summed E-state index contributed by atoms with van der Waals surface area (Å²) in [7, 11) is 2.03. The maximum atomic E-state index is 12.2. The molecule has 1 amide bonds. The summed E-state index contributed by atoms with van der Waals surface area (Å²) in [5.74, 6) is 3.30. The van der Waals surface area contributed by atoms with Gasteiger partial charge in [0, 0.05) is 25.4 Å². The van der Waals surface area contributed by atoms with Crippen molar-refractivity contribution in [3.05, 3.63) is 0 Å². The maximum Gasteiger partial charge on any atom is 0.222 e. The standard InChI is InChI=1S/C21H33NO2/c1-13(23)15-6-7-16-14-5-8-18-21(3,12-10-19(24)22(18)4)17(14)9-11-20(15,16)2/h14-18H,5-12H2,1-4H3/t14?,15-,16?,17?,18?,20-,21-/m1/s1. The predicted molar refractivity (Wildman–Crippen MR) is 94.3 cm³/mol. The van der Waals surface area contributed by atoms with E-state index in [0.717, 1.165) is 43.4 Å². The Hall–Kier alpha value is -0.860. The van der Waals surface area contributed by atoms with Crippen molar-refractivity contribution < 1.29 is 9.59 Å². The van der Waals surface area contributed by atoms with Crippen molar-refractivity contribution in [2.45, 2.75) is 78.2 Å². The van der Waals surface area contributed by atoms with Gasteiger partial charge in [-0.2, -0.15) is 0 Å². The molecule has 4 unspecified atom stereocenters. The van der Waals surface area contributed by atoms with Gasteiger partial charge in [0.25, 0.3) is 0 Å². The Bertz CT molecular complexity index is 572. The van der Waals surface area contributed by atoms with E-state index in [1.54, 1.807) is 0 Å². The molecule has 3 saturated carbocycles. The largest absolute Gasteiger partial charge is 0.342 e. The van der Waals surface area contributed by atoms with Crippen LogP contribution in [0.15, 0.2) is 0 Å². The Morgan fingerprint density at radius 3 is 2.42 bits per heavy atom. The van der Waals surface area contributed by atoms with E-state index in [-0.39, 0.29) is 5.41 Å². The van der Waals surface area contributed by atoms with Crippen LogP contribution in [0.5, 0.6) is 0 Å². The number of nitrogens with zero attached hydrogens (tertiary/aromatic N) is 1. The van der Waals surface area contributed by atoms with Crippen LogP contribution in [0.3, 0.4) is 0 Å². The molecule has 0 aromatic heterocycles. The van der Waals surface area contributed by atoms with Crippen LogP contribution < -0.4 is 0 Å². The summed E-state index contributed by atoms with van der Waals surface area (Å²) in [5, 5.41) is 0. The molecule has 4 aliphatic rings. The molecule has 3 heteroatoms. The third kappa shape index (κ3) is 2.02. The first-order valence-corrected chi connectivity index (χ1v) is 10.0. The Balaban J connectivity index is 1.64. The Kier molecular flexibility index (Phi) is 3.68. The molecule has 1 saturated heterocycles. The van der Waals surface area contributed by atoms with E-state index in [0.29, 0.717) is 29.1 Å². The maximum absolute atomic E-state index is 12.2. The summed E-state index contributed by atoms with van der Waals surface area (Å²) in [6, 6.07) is 0.439. The van der Waals surface area contributed by atoms with Gasteiger partial charge in [-0.25, -0.2) is 0 Å². The van der Waals surface area contributed by atoms with Gasteiger partial charge >= 0.3 is 0 Å². The zero-order valence-electron chi connectivity index (χ0n) is 15.8. The number of Topliss-reactive ketones (excluding diaryl/α,β-unsaturated/α-hetero) is 1. The van der Waals surface area contributed by atoms with Gasteiger partial charge in [-0.1, -0.05) is 13.8 Å². The minimum atomic E-state index is 0.243. The van der Waals surface area contributed by atoms with E-state index in [9.17, 15) is 9.59 Å². The lowest BCUT2D eigenvalue weighted by atomic mass is 9.46. The molecule has 24 heavy (non-hydrogen) atoms. The summed E-state index contributed by atoms with van der Waals surface area (Å²) in [5.41, 5.74) is 0.536. The number of carbonyl (C=O) groups excluding carboxylic acids is 2. The van der Waals surface area contributed by atoms with Gasteiger partial charge in [0.05, 0.1) is 0 Å². The number of rotatable bonds is 1. The summed E-state index contributed by atoms with van der Waals surface area (Å²) < 4.78 is 0. The van der Waals surface area contributed by atoms with Crippen LogP contribution in [0, 0.1) is 34.5 Å². The lowest BCUT2D eigenvalue weighted by molar-refractivity contribution is -0.159. The molecule has 0 spiro atoms. The normalized spacial score (nSPS) is 50.9. The highest BCUT2D eigenvalue weighted by Gasteiger charge is 2.61. The number of piperidine rings is 1. The molecule has 4 fully saturated rings. The average molecular weight is 332 g/mol. The van der Waals surface area contributed by atoms with Gasteiger partial charge in [0.15, 0.2) is 0 Å². The van der Waals surface area contributed by atoms with E-state index in [4.69, 9.17) is 0 Å². The Labute approximate surface area is 146 Å². The number of amides is 1. The molecule has 3 aliphatic carbocycles. The molecule has 134 valence electrons. The van der Waals surface area contributed by atoms with Gasteiger partial charge < -0.3 is 4.90 Å². The highest BCUT2D eigenvalue weighted by Crippen LogP contribution is 2.66. The summed E-state index contributed by atoms with van der Waals surface area (Å²) in [6.07, 6.45) is 9.05. The first-order chi connectivity index (χ1) is 11.3. The molecular weight excluding hydrogens is 298 g/mol. The second-order valence-corrected chi connectivity index (χ2v) is 9.77. The fraction of sp³-hybridized carbons (Fsp3) is 0.905. The smallest absolute Gasteiger partial charge is 0.222 e. The van der Waals surface area contributed by atoms with Crippen molar-refractivity contribution in [3.63, 3.8) is 0 Å². The Morgan fingerprint density at radius 2 is 1.71 bits per heavy atom. The van der Waals surface area contributed by atoms with E-state index in [2.05, 4.69) is 18.7 Å². The van der Waals surface area contributed by atoms with Crippen molar-refractivity contribution >= 4 is 11.7 Å². The lowest BCUT2D eigenvalue weighted by Gasteiger charge is -2.61. The zero-order chi connectivity index (χ0) is 17.3.